The van der Waals surface area contributed by atoms with Crippen molar-refractivity contribution in [3.63, 3.8) is 0 Å². The van der Waals surface area contributed by atoms with Gasteiger partial charge < -0.3 is 100 Å². The van der Waals surface area contributed by atoms with Crippen LogP contribution < -0.4 is 10.6 Å². The molecule has 3 aliphatic heterocycles. The monoisotopic (exact) mass is 1530 g/mol. The molecule has 0 saturated carbocycles. The minimum absolute atomic E-state index is 0.203. The van der Waals surface area contributed by atoms with Gasteiger partial charge in [-0.05, 0) is 44.9 Å². The Morgan fingerprint density at radius 1 is 0.486 bits per heavy atom. The SMILES string of the molecule is CCCCCCCCCCCCCC/C=C/C(O)C(COC1OC(CO)C(OC2OC(CO)C(O)C(OC3(C(=O)O)CC(O)C(NC(C)=O)C(C(O)C(O)CO)O3)C2O)C(O)C1O)NC(=O)CCCCCCCCCCCCCCCCCCC/C=C\CCCCCCCCCCCCCCCCCCCC. The number of allylic oxidation sites excluding steroid dienone is 3. The summed E-state index contributed by atoms with van der Waals surface area (Å²) in [6.45, 7) is 2.18. The average Bonchev–Trinajstić information content (AvgIpc) is 0.754. The number of carbonyl (C=O) groups excluding carboxylic acids is 2. The summed E-state index contributed by atoms with van der Waals surface area (Å²) in [5, 5.41) is 136. The van der Waals surface area contributed by atoms with Crippen LogP contribution >= 0.6 is 0 Å². The van der Waals surface area contributed by atoms with Gasteiger partial charge in [-0.2, -0.15) is 0 Å². The molecule has 23 nitrogen and oxygen atoms in total. The van der Waals surface area contributed by atoms with Crippen LogP contribution in [-0.2, 0) is 42.8 Å². The van der Waals surface area contributed by atoms with E-state index >= 15 is 0 Å². The van der Waals surface area contributed by atoms with Crippen molar-refractivity contribution in [2.24, 2.45) is 0 Å². The lowest BCUT2D eigenvalue weighted by atomic mass is 9.88. The highest BCUT2D eigenvalue weighted by Gasteiger charge is 2.60. The van der Waals surface area contributed by atoms with Crippen LogP contribution in [0, 0.1) is 0 Å². The van der Waals surface area contributed by atoms with Gasteiger partial charge in [0.2, 0.25) is 11.8 Å². The second-order valence-electron chi connectivity index (χ2n) is 31.4. The molecule has 0 aromatic rings. The zero-order valence-electron chi connectivity index (χ0n) is 66.8. The van der Waals surface area contributed by atoms with Crippen LogP contribution in [-0.4, -0.2) is 215 Å². The Morgan fingerprint density at radius 2 is 0.879 bits per heavy atom. The van der Waals surface area contributed by atoms with E-state index in [-0.39, 0.29) is 12.3 Å². The number of rotatable bonds is 69. The third kappa shape index (κ3) is 42.2. The van der Waals surface area contributed by atoms with Crippen molar-refractivity contribution in [3.05, 3.63) is 24.3 Å². The highest BCUT2D eigenvalue weighted by molar-refractivity contribution is 5.77. The molecule has 3 rings (SSSR count). The highest BCUT2D eigenvalue weighted by Crippen LogP contribution is 2.39. The van der Waals surface area contributed by atoms with E-state index in [1.54, 1.807) is 6.08 Å². The molecule has 0 aromatic carbocycles. The van der Waals surface area contributed by atoms with E-state index in [1.807, 2.05) is 6.08 Å². The van der Waals surface area contributed by atoms with Crippen LogP contribution in [0.2, 0.25) is 0 Å². The van der Waals surface area contributed by atoms with Gasteiger partial charge in [-0.3, -0.25) is 9.59 Å². The lowest BCUT2D eigenvalue weighted by Crippen LogP contribution is -2.70. The van der Waals surface area contributed by atoms with E-state index in [1.165, 1.54) is 263 Å². The highest BCUT2D eigenvalue weighted by atomic mass is 16.8. The van der Waals surface area contributed by atoms with Gasteiger partial charge in [0.15, 0.2) is 12.6 Å². The molecule has 14 N–H and O–H groups in total. The number of hydrogen-bond donors (Lipinski definition) is 14. The molecule has 2 amide bonds. The third-order valence-corrected chi connectivity index (χ3v) is 21.9. The van der Waals surface area contributed by atoms with Crippen molar-refractivity contribution < 1.29 is 104 Å². The molecule has 107 heavy (non-hydrogen) atoms. The van der Waals surface area contributed by atoms with Crippen LogP contribution in [0.25, 0.3) is 0 Å². The molecule has 23 heteroatoms. The number of carboxylic acids is 1. The van der Waals surface area contributed by atoms with Gasteiger partial charge in [-0.15, -0.1) is 0 Å². The van der Waals surface area contributed by atoms with Crippen molar-refractivity contribution >= 4 is 17.8 Å². The molecule has 0 aromatic heterocycles. The molecule has 0 radical (unpaired) electrons. The van der Waals surface area contributed by atoms with E-state index < -0.39 is 155 Å². The maximum Gasteiger partial charge on any atom is 0.364 e. The summed E-state index contributed by atoms with van der Waals surface area (Å²) < 4.78 is 34.9. The Labute approximate surface area is 644 Å². The summed E-state index contributed by atoms with van der Waals surface area (Å²) in [6, 6.07) is -2.62. The number of carbonyl (C=O) groups is 3. The van der Waals surface area contributed by atoms with Crippen LogP contribution in [0.3, 0.4) is 0 Å². The Morgan fingerprint density at radius 3 is 1.27 bits per heavy atom. The molecular formula is C84H156N2O21. The molecule has 3 saturated heterocycles. The molecule has 3 aliphatic rings. The van der Waals surface area contributed by atoms with Crippen LogP contribution in [0.5, 0.6) is 0 Å². The number of ether oxygens (including phenoxy) is 6. The maximum atomic E-state index is 13.5. The number of aliphatic hydroxyl groups is 11. The smallest absolute Gasteiger partial charge is 0.364 e. The van der Waals surface area contributed by atoms with Gasteiger partial charge >= 0.3 is 5.97 Å². The maximum absolute atomic E-state index is 13.5. The summed E-state index contributed by atoms with van der Waals surface area (Å²) in [4.78, 5) is 38.7. The largest absolute Gasteiger partial charge is 0.477 e. The fourth-order valence-corrected chi connectivity index (χ4v) is 15.1. The van der Waals surface area contributed by atoms with Gasteiger partial charge in [0, 0.05) is 19.8 Å². The van der Waals surface area contributed by atoms with Gasteiger partial charge in [0.25, 0.3) is 5.79 Å². The Hall–Kier alpha value is -2.79. The molecule has 628 valence electrons. The number of hydrogen-bond acceptors (Lipinski definition) is 20. The minimum atomic E-state index is -3.08. The number of amides is 2. The van der Waals surface area contributed by atoms with Crippen molar-refractivity contribution in [1.29, 1.82) is 0 Å². The first-order chi connectivity index (χ1) is 51.9. The first-order valence-corrected chi connectivity index (χ1v) is 43.2. The number of aliphatic carboxylic acids is 1. The van der Waals surface area contributed by atoms with Gasteiger partial charge in [-0.1, -0.05) is 314 Å². The Kier molecular flexibility index (Phi) is 57.6. The first-order valence-electron chi connectivity index (χ1n) is 43.2. The van der Waals surface area contributed by atoms with E-state index in [0.717, 1.165) is 51.9 Å². The van der Waals surface area contributed by atoms with E-state index in [4.69, 9.17) is 28.4 Å². The van der Waals surface area contributed by atoms with Crippen molar-refractivity contribution in [2.75, 3.05) is 26.4 Å². The molecule has 3 fully saturated rings. The predicted octanol–water partition coefficient (Wildman–Crippen LogP) is 12.7. The van der Waals surface area contributed by atoms with Crippen molar-refractivity contribution in [2.45, 2.75) is 464 Å². The number of unbranched alkanes of at least 4 members (excludes halogenated alkanes) is 47. The van der Waals surface area contributed by atoms with Crippen LogP contribution in [0.4, 0.5) is 0 Å². The summed E-state index contributed by atoms with van der Waals surface area (Å²) in [7, 11) is 0. The molecule has 0 spiro atoms. The standard InChI is InChI=1S/C84H156N2O21/c1-4-6-8-10-12-14-16-18-20-21-22-23-24-25-26-27-28-29-30-31-32-33-34-35-36-37-38-39-40-41-42-43-44-46-48-50-52-54-56-58-71(94)86-65(66(91)57-55-53-51-49-47-45-19-17-15-13-11-9-7-5-2)63-102-81-76(98)75(97)78(70(62-89)104-81)105-82-77(99)80(74(96)69(61-88)103-82)107-84(83(100)101)59-67(92)72(85-64(3)90)79(106-84)73(95)68(93)60-87/h31-32,55,57,65-70,72-82,87-89,91-93,95-99H,4-30,33-54,56,58-63H2,1-3H3,(H,85,90)(H,86,94)(H,100,101)/b32-31-,57-55+. The molecular weight excluding hydrogens is 1370 g/mol. The van der Waals surface area contributed by atoms with Gasteiger partial charge in [-0.25, -0.2) is 4.79 Å². The average molecular weight is 1530 g/mol. The molecule has 18 unspecified atom stereocenters. The lowest BCUT2D eigenvalue weighted by molar-refractivity contribution is -0.386. The lowest BCUT2D eigenvalue weighted by Gasteiger charge is -2.50. The summed E-state index contributed by atoms with van der Waals surface area (Å²) in [6.07, 6.45) is 42.6. The number of aliphatic hydroxyl groups excluding tert-OH is 11. The Bertz CT molecular complexity index is 2220. The second-order valence-corrected chi connectivity index (χ2v) is 31.4. The summed E-state index contributed by atoms with van der Waals surface area (Å²) in [5.41, 5.74) is 0. The zero-order valence-corrected chi connectivity index (χ0v) is 66.8. The molecule has 0 aliphatic carbocycles. The molecule has 0 bridgehead atoms. The predicted molar refractivity (Wildman–Crippen MR) is 417 cm³/mol. The minimum Gasteiger partial charge on any atom is -0.477 e. The number of nitrogens with one attached hydrogen (secondary N) is 2. The normalized spacial score (nSPS) is 26.1. The third-order valence-electron chi connectivity index (χ3n) is 21.9. The second kappa shape index (κ2) is 62.6. The topological polar surface area (TPSA) is 373 Å². The quantitative estimate of drug-likeness (QED) is 0.0199. The number of carboxylic acid groups (broad SMARTS) is 1. The summed E-state index contributed by atoms with van der Waals surface area (Å²) >= 11 is 0. The van der Waals surface area contributed by atoms with Crippen molar-refractivity contribution in [1.82, 2.24) is 10.6 Å². The molecule has 3 heterocycles. The Balaban J connectivity index is 1.39. The fourth-order valence-electron chi connectivity index (χ4n) is 15.1. The van der Waals surface area contributed by atoms with E-state index in [2.05, 4.69) is 36.6 Å². The zero-order chi connectivity index (χ0) is 78.1. The van der Waals surface area contributed by atoms with E-state index in [0.29, 0.717) is 12.8 Å². The van der Waals surface area contributed by atoms with Gasteiger partial charge in [0.05, 0.1) is 50.7 Å². The van der Waals surface area contributed by atoms with Crippen LogP contribution in [0.15, 0.2) is 24.3 Å². The molecule has 18 atom stereocenters. The van der Waals surface area contributed by atoms with Crippen molar-refractivity contribution in [3.8, 4) is 0 Å². The fraction of sp³-hybridized carbons (Fsp3) is 0.917. The van der Waals surface area contributed by atoms with E-state index in [9.17, 15) is 75.7 Å². The first kappa shape index (κ1) is 98.4. The van der Waals surface area contributed by atoms with Crippen LogP contribution in [0.1, 0.15) is 355 Å². The summed E-state index contributed by atoms with van der Waals surface area (Å²) in [5.74, 6) is -6.14. The van der Waals surface area contributed by atoms with Gasteiger partial charge in [0.1, 0.15) is 67.1 Å².